The van der Waals surface area contributed by atoms with E-state index in [1.54, 1.807) is 26.2 Å². The van der Waals surface area contributed by atoms with Crippen molar-refractivity contribution in [2.45, 2.75) is 70.0 Å². The third kappa shape index (κ3) is 8.49. The Kier molecular flexibility index (Phi) is 11.1. The van der Waals surface area contributed by atoms with E-state index >= 15 is 0 Å². The molecule has 1 aliphatic rings. The summed E-state index contributed by atoms with van der Waals surface area (Å²) in [6, 6.07) is 22.8. The van der Waals surface area contributed by atoms with E-state index < -0.39 is 6.04 Å². The van der Waals surface area contributed by atoms with Gasteiger partial charge in [-0.2, -0.15) is 0 Å². The SMILES string of the molecule is COc1cccc(CN(C(=O)CCc2ccc(OC)c(OC)c2)[C@H](Cc2ccccc2)C(=O)NC2CCCCC2)c1. The zero-order valence-corrected chi connectivity index (χ0v) is 24.4. The van der Waals surface area contributed by atoms with Crippen molar-refractivity contribution in [1.82, 2.24) is 10.2 Å². The topological polar surface area (TPSA) is 77.1 Å². The molecule has 0 aromatic heterocycles. The van der Waals surface area contributed by atoms with Gasteiger partial charge in [0.15, 0.2) is 11.5 Å². The quantitative estimate of drug-likeness (QED) is 0.290. The van der Waals surface area contributed by atoms with Gasteiger partial charge >= 0.3 is 0 Å². The number of hydrogen-bond donors (Lipinski definition) is 1. The van der Waals surface area contributed by atoms with Crippen LogP contribution >= 0.6 is 0 Å². The van der Waals surface area contributed by atoms with Gasteiger partial charge < -0.3 is 24.4 Å². The molecule has 41 heavy (non-hydrogen) atoms. The van der Waals surface area contributed by atoms with Crippen LogP contribution in [-0.4, -0.2) is 50.1 Å². The van der Waals surface area contributed by atoms with Crippen molar-refractivity contribution in [2.75, 3.05) is 21.3 Å². The molecule has 1 atom stereocenters. The molecule has 0 unspecified atom stereocenters. The number of hydrogen-bond acceptors (Lipinski definition) is 5. The monoisotopic (exact) mass is 558 g/mol. The van der Waals surface area contributed by atoms with Gasteiger partial charge in [-0.25, -0.2) is 0 Å². The second-order valence-corrected chi connectivity index (χ2v) is 10.6. The van der Waals surface area contributed by atoms with Gasteiger partial charge in [0, 0.05) is 25.4 Å². The van der Waals surface area contributed by atoms with Crippen LogP contribution in [0, 0.1) is 0 Å². The number of methoxy groups -OCH3 is 3. The summed E-state index contributed by atoms with van der Waals surface area (Å²) in [6.45, 7) is 0.303. The Balaban J connectivity index is 1.62. The predicted octanol–water partition coefficient (Wildman–Crippen LogP) is 5.73. The molecule has 2 amide bonds. The number of nitrogens with zero attached hydrogens (tertiary/aromatic N) is 1. The molecule has 218 valence electrons. The molecule has 1 saturated carbocycles. The number of amides is 2. The van der Waals surface area contributed by atoms with E-state index in [9.17, 15) is 9.59 Å². The minimum absolute atomic E-state index is 0.0812. The first-order valence-corrected chi connectivity index (χ1v) is 14.5. The summed E-state index contributed by atoms with van der Waals surface area (Å²) in [5.41, 5.74) is 2.88. The lowest BCUT2D eigenvalue weighted by Gasteiger charge is -2.33. The lowest BCUT2D eigenvalue weighted by atomic mass is 9.94. The van der Waals surface area contributed by atoms with Gasteiger partial charge in [-0.15, -0.1) is 0 Å². The summed E-state index contributed by atoms with van der Waals surface area (Å²) in [6.07, 6.45) is 6.59. The molecule has 0 bridgehead atoms. The standard InChI is InChI=1S/C34H42N2O5/c1-39-29-16-10-13-27(21-29)24-36(33(37)20-18-26-17-19-31(40-2)32(23-26)41-3)30(22-25-11-6-4-7-12-25)34(38)35-28-14-8-5-9-15-28/h4,6-7,10-13,16-17,19,21,23,28,30H,5,8-9,14-15,18,20,22,24H2,1-3H3,(H,35,38)/t30-/m1/s1. The number of carbonyl (C=O) groups is 2. The van der Waals surface area contributed by atoms with Gasteiger partial charge in [-0.3, -0.25) is 9.59 Å². The van der Waals surface area contributed by atoms with Crippen LogP contribution in [0.3, 0.4) is 0 Å². The normalized spacial score (nSPS) is 14.1. The zero-order chi connectivity index (χ0) is 29.0. The molecule has 4 rings (SSSR count). The van der Waals surface area contributed by atoms with Crippen molar-refractivity contribution < 1.29 is 23.8 Å². The molecular formula is C34H42N2O5. The van der Waals surface area contributed by atoms with Gasteiger partial charge in [0.25, 0.3) is 0 Å². The van der Waals surface area contributed by atoms with Crippen molar-refractivity contribution in [3.63, 3.8) is 0 Å². The van der Waals surface area contributed by atoms with Crippen molar-refractivity contribution >= 4 is 11.8 Å². The van der Waals surface area contributed by atoms with E-state index in [1.165, 1.54) is 6.42 Å². The highest BCUT2D eigenvalue weighted by molar-refractivity contribution is 5.88. The fourth-order valence-corrected chi connectivity index (χ4v) is 5.50. The molecule has 1 N–H and O–H groups in total. The third-order valence-electron chi connectivity index (χ3n) is 7.79. The Bertz CT molecular complexity index is 1270. The van der Waals surface area contributed by atoms with Crippen LogP contribution in [0.15, 0.2) is 72.8 Å². The van der Waals surface area contributed by atoms with Gasteiger partial charge in [-0.05, 0) is 60.2 Å². The number of aryl methyl sites for hydroxylation is 1. The van der Waals surface area contributed by atoms with E-state index in [0.29, 0.717) is 36.6 Å². The Morgan fingerprint density at radius 2 is 1.54 bits per heavy atom. The molecule has 0 heterocycles. The third-order valence-corrected chi connectivity index (χ3v) is 7.79. The van der Waals surface area contributed by atoms with Gasteiger partial charge in [-0.1, -0.05) is 67.8 Å². The van der Waals surface area contributed by atoms with Crippen molar-refractivity contribution in [2.24, 2.45) is 0 Å². The number of nitrogens with one attached hydrogen (secondary N) is 1. The van der Waals surface area contributed by atoms with E-state index in [4.69, 9.17) is 14.2 Å². The summed E-state index contributed by atoms with van der Waals surface area (Å²) in [7, 11) is 4.82. The first-order chi connectivity index (χ1) is 20.0. The summed E-state index contributed by atoms with van der Waals surface area (Å²) in [4.78, 5) is 29.7. The minimum Gasteiger partial charge on any atom is -0.497 e. The van der Waals surface area contributed by atoms with Gasteiger partial charge in [0.1, 0.15) is 11.8 Å². The van der Waals surface area contributed by atoms with Crippen LogP contribution in [-0.2, 0) is 29.0 Å². The molecule has 0 radical (unpaired) electrons. The van der Waals surface area contributed by atoms with E-state index in [-0.39, 0.29) is 24.3 Å². The fourth-order valence-electron chi connectivity index (χ4n) is 5.50. The van der Waals surface area contributed by atoms with Crippen LogP contribution in [0.25, 0.3) is 0 Å². The molecule has 7 nitrogen and oxygen atoms in total. The van der Waals surface area contributed by atoms with Crippen molar-refractivity contribution in [1.29, 1.82) is 0 Å². The molecule has 1 aliphatic carbocycles. The number of rotatable bonds is 13. The second kappa shape index (κ2) is 15.1. The maximum Gasteiger partial charge on any atom is 0.243 e. The molecular weight excluding hydrogens is 516 g/mol. The average molecular weight is 559 g/mol. The highest BCUT2D eigenvalue weighted by Gasteiger charge is 2.32. The van der Waals surface area contributed by atoms with Crippen LogP contribution in [0.5, 0.6) is 17.2 Å². The van der Waals surface area contributed by atoms with Gasteiger partial charge in [0.2, 0.25) is 11.8 Å². The Morgan fingerprint density at radius 1 is 0.805 bits per heavy atom. The highest BCUT2D eigenvalue weighted by atomic mass is 16.5. The van der Waals surface area contributed by atoms with Gasteiger partial charge in [0.05, 0.1) is 21.3 Å². The smallest absolute Gasteiger partial charge is 0.243 e. The molecule has 3 aromatic rings. The zero-order valence-electron chi connectivity index (χ0n) is 24.4. The summed E-state index contributed by atoms with van der Waals surface area (Å²) >= 11 is 0. The van der Waals surface area contributed by atoms with E-state index in [2.05, 4.69) is 5.32 Å². The number of benzene rings is 3. The summed E-state index contributed by atoms with van der Waals surface area (Å²) in [5.74, 6) is 1.81. The molecule has 0 saturated heterocycles. The largest absolute Gasteiger partial charge is 0.497 e. The van der Waals surface area contributed by atoms with Crippen LogP contribution in [0.4, 0.5) is 0 Å². The molecule has 1 fully saturated rings. The first kappa shape index (κ1) is 30.0. The first-order valence-electron chi connectivity index (χ1n) is 14.5. The number of ether oxygens (including phenoxy) is 3. The minimum atomic E-state index is -0.650. The van der Waals surface area contributed by atoms with Crippen LogP contribution in [0.1, 0.15) is 55.2 Å². The maximum absolute atomic E-state index is 14.0. The summed E-state index contributed by atoms with van der Waals surface area (Å²) < 4.78 is 16.3. The van der Waals surface area contributed by atoms with Crippen LogP contribution < -0.4 is 19.5 Å². The lowest BCUT2D eigenvalue weighted by Crippen LogP contribution is -2.52. The molecule has 7 heteroatoms. The summed E-state index contributed by atoms with van der Waals surface area (Å²) in [5, 5.41) is 3.30. The van der Waals surface area contributed by atoms with E-state index in [0.717, 1.165) is 42.4 Å². The Labute approximate surface area is 243 Å². The van der Waals surface area contributed by atoms with Crippen molar-refractivity contribution in [3.8, 4) is 17.2 Å². The highest BCUT2D eigenvalue weighted by Crippen LogP contribution is 2.28. The average Bonchev–Trinajstić information content (AvgIpc) is 3.02. The Hall–Kier alpha value is -4.00. The van der Waals surface area contributed by atoms with Crippen LogP contribution in [0.2, 0.25) is 0 Å². The fraction of sp³-hybridized carbons (Fsp3) is 0.412. The van der Waals surface area contributed by atoms with Crippen molar-refractivity contribution in [3.05, 3.63) is 89.5 Å². The molecule has 0 spiro atoms. The Morgan fingerprint density at radius 3 is 2.24 bits per heavy atom. The predicted molar refractivity (Wildman–Crippen MR) is 160 cm³/mol. The lowest BCUT2D eigenvalue weighted by molar-refractivity contribution is -0.141. The number of carbonyl (C=O) groups excluding carboxylic acids is 2. The second-order valence-electron chi connectivity index (χ2n) is 10.6. The maximum atomic E-state index is 14.0. The van der Waals surface area contributed by atoms with E-state index in [1.807, 2.05) is 72.8 Å². The molecule has 0 aliphatic heterocycles. The molecule has 3 aromatic carbocycles.